The molecule has 0 unspecified atom stereocenters. The molecule has 0 saturated heterocycles. The van der Waals surface area contributed by atoms with Crippen LogP contribution in [0.15, 0.2) is 12.1 Å². The van der Waals surface area contributed by atoms with Crippen LogP contribution in [0.4, 0.5) is 0 Å². The standard InChI is InChI=1S/C10H9NO4/c1-15-10(14)7-4-6(2-3-11)8(12)5-9(7)13/h4-5,12-13H,2H2,1H3. The Morgan fingerprint density at radius 3 is 2.67 bits per heavy atom. The van der Waals surface area contributed by atoms with Crippen LogP contribution in [0.3, 0.4) is 0 Å². The molecule has 1 rings (SSSR count). The van der Waals surface area contributed by atoms with Crippen molar-refractivity contribution in [2.75, 3.05) is 7.11 Å². The maximum absolute atomic E-state index is 11.2. The number of carbonyl (C=O) groups excluding carboxylic acids is 1. The van der Waals surface area contributed by atoms with E-state index in [4.69, 9.17) is 5.26 Å². The number of hydrogen-bond donors (Lipinski definition) is 2. The van der Waals surface area contributed by atoms with Crippen molar-refractivity contribution in [2.45, 2.75) is 6.42 Å². The molecule has 0 saturated carbocycles. The fraction of sp³-hybridized carbons (Fsp3) is 0.200. The summed E-state index contributed by atoms with van der Waals surface area (Å²) >= 11 is 0. The van der Waals surface area contributed by atoms with Crippen molar-refractivity contribution in [1.29, 1.82) is 5.26 Å². The number of esters is 1. The smallest absolute Gasteiger partial charge is 0.341 e. The number of methoxy groups -OCH3 is 1. The Bertz CT molecular complexity index is 434. The van der Waals surface area contributed by atoms with Crippen LogP contribution in [0.25, 0.3) is 0 Å². The molecule has 0 aliphatic carbocycles. The van der Waals surface area contributed by atoms with Gasteiger partial charge in [0.05, 0.1) is 19.6 Å². The zero-order chi connectivity index (χ0) is 11.4. The van der Waals surface area contributed by atoms with E-state index in [-0.39, 0.29) is 29.0 Å². The van der Waals surface area contributed by atoms with Gasteiger partial charge in [-0.3, -0.25) is 0 Å². The SMILES string of the molecule is COC(=O)c1cc(CC#N)c(O)cc1O. The van der Waals surface area contributed by atoms with E-state index in [0.717, 1.165) is 6.07 Å². The van der Waals surface area contributed by atoms with Crippen molar-refractivity contribution in [1.82, 2.24) is 0 Å². The number of ether oxygens (including phenoxy) is 1. The number of phenolic OH excluding ortho intramolecular Hbond substituents is 2. The number of carbonyl (C=O) groups is 1. The molecular formula is C10H9NO4. The molecule has 0 spiro atoms. The van der Waals surface area contributed by atoms with Crippen molar-refractivity contribution in [3.05, 3.63) is 23.3 Å². The summed E-state index contributed by atoms with van der Waals surface area (Å²) in [5.74, 6) is -1.31. The molecule has 0 aliphatic rings. The first-order valence-electron chi connectivity index (χ1n) is 4.10. The van der Waals surface area contributed by atoms with Gasteiger partial charge >= 0.3 is 5.97 Å². The molecule has 0 fully saturated rings. The van der Waals surface area contributed by atoms with E-state index >= 15 is 0 Å². The lowest BCUT2D eigenvalue weighted by atomic mass is 10.1. The number of nitriles is 1. The third-order valence-electron chi connectivity index (χ3n) is 1.87. The van der Waals surface area contributed by atoms with Crippen LogP contribution in [0.5, 0.6) is 11.5 Å². The van der Waals surface area contributed by atoms with Gasteiger partial charge < -0.3 is 14.9 Å². The number of hydrogen-bond acceptors (Lipinski definition) is 5. The van der Waals surface area contributed by atoms with Gasteiger partial charge in [0, 0.05) is 11.6 Å². The first-order valence-corrected chi connectivity index (χ1v) is 4.10. The molecular weight excluding hydrogens is 198 g/mol. The highest BCUT2D eigenvalue weighted by Crippen LogP contribution is 2.28. The van der Waals surface area contributed by atoms with Crippen molar-refractivity contribution in [3.8, 4) is 17.6 Å². The van der Waals surface area contributed by atoms with Crippen LogP contribution >= 0.6 is 0 Å². The lowest BCUT2D eigenvalue weighted by molar-refractivity contribution is 0.0597. The summed E-state index contributed by atoms with van der Waals surface area (Å²) in [5.41, 5.74) is 0.205. The average molecular weight is 207 g/mol. The van der Waals surface area contributed by atoms with E-state index in [1.807, 2.05) is 6.07 Å². The zero-order valence-corrected chi connectivity index (χ0v) is 8.02. The van der Waals surface area contributed by atoms with Gasteiger partial charge in [-0.25, -0.2) is 4.79 Å². The molecule has 0 aromatic heterocycles. The molecule has 0 radical (unpaired) electrons. The lowest BCUT2D eigenvalue weighted by Crippen LogP contribution is -2.02. The zero-order valence-electron chi connectivity index (χ0n) is 8.02. The number of rotatable bonds is 2. The molecule has 1 aromatic carbocycles. The summed E-state index contributed by atoms with van der Waals surface area (Å²) in [6.07, 6.45) is -0.0455. The summed E-state index contributed by atoms with van der Waals surface area (Å²) in [4.78, 5) is 11.2. The van der Waals surface area contributed by atoms with Gasteiger partial charge in [-0.05, 0) is 6.07 Å². The van der Waals surface area contributed by atoms with Crippen LogP contribution in [-0.4, -0.2) is 23.3 Å². The second kappa shape index (κ2) is 4.33. The van der Waals surface area contributed by atoms with Crippen molar-refractivity contribution in [2.24, 2.45) is 0 Å². The summed E-state index contributed by atoms with van der Waals surface area (Å²) in [6, 6.07) is 4.08. The first-order chi connectivity index (χ1) is 7.10. The Hall–Kier alpha value is -2.22. The fourth-order valence-corrected chi connectivity index (χ4v) is 1.12. The minimum atomic E-state index is -0.716. The normalized spacial score (nSPS) is 9.33. The monoisotopic (exact) mass is 207 g/mol. The summed E-state index contributed by atoms with van der Waals surface area (Å²) in [6.45, 7) is 0. The Morgan fingerprint density at radius 1 is 1.47 bits per heavy atom. The van der Waals surface area contributed by atoms with E-state index in [0.29, 0.717) is 0 Å². The van der Waals surface area contributed by atoms with Gasteiger partial charge in [0.15, 0.2) is 0 Å². The van der Waals surface area contributed by atoms with Crippen LogP contribution in [0.1, 0.15) is 15.9 Å². The predicted molar refractivity (Wildman–Crippen MR) is 50.4 cm³/mol. The highest BCUT2D eigenvalue weighted by atomic mass is 16.5. The van der Waals surface area contributed by atoms with Crippen LogP contribution in [0, 0.1) is 11.3 Å². The predicted octanol–water partition coefficient (Wildman–Crippen LogP) is 0.950. The molecule has 0 amide bonds. The van der Waals surface area contributed by atoms with E-state index in [9.17, 15) is 15.0 Å². The number of aromatic hydroxyl groups is 2. The van der Waals surface area contributed by atoms with Crippen molar-refractivity contribution >= 4 is 5.97 Å². The molecule has 2 N–H and O–H groups in total. The van der Waals surface area contributed by atoms with E-state index in [2.05, 4.69) is 4.74 Å². The van der Waals surface area contributed by atoms with Gasteiger partial charge in [-0.1, -0.05) is 0 Å². The van der Waals surface area contributed by atoms with Crippen LogP contribution < -0.4 is 0 Å². The van der Waals surface area contributed by atoms with Crippen molar-refractivity contribution < 1.29 is 19.7 Å². The van der Waals surface area contributed by atoms with Crippen molar-refractivity contribution in [3.63, 3.8) is 0 Å². The Balaban J connectivity index is 3.24. The van der Waals surface area contributed by atoms with Crippen LogP contribution in [-0.2, 0) is 11.2 Å². The maximum atomic E-state index is 11.2. The molecule has 0 atom stereocenters. The topological polar surface area (TPSA) is 90.6 Å². The highest BCUT2D eigenvalue weighted by Gasteiger charge is 2.15. The largest absolute Gasteiger partial charge is 0.507 e. The molecule has 1 aromatic rings. The average Bonchev–Trinajstić information content (AvgIpc) is 2.21. The Kier molecular flexibility index (Phi) is 3.13. The van der Waals surface area contributed by atoms with Gasteiger partial charge in [-0.15, -0.1) is 0 Å². The van der Waals surface area contributed by atoms with E-state index in [1.54, 1.807) is 0 Å². The van der Waals surface area contributed by atoms with Gasteiger partial charge in [0.1, 0.15) is 17.1 Å². The minimum absolute atomic E-state index is 0.0455. The molecule has 15 heavy (non-hydrogen) atoms. The van der Waals surface area contributed by atoms with Crippen LogP contribution in [0.2, 0.25) is 0 Å². The second-order valence-corrected chi connectivity index (χ2v) is 2.82. The number of phenols is 2. The van der Waals surface area contributed by atoms with Gasteiger partial charge in [0.25, 0.3) is 0 Å². The molecule has 0 heterocycles. The van der Waals surface area contributed by atoms with E-state index < -0.39 is 5.97 Å². The molecule has 5 nitrogen and oxygen atoms in total. The molecule has 5 heteroatoms. The fourth-order valence-electron chi connectivity index (χ4n) is 1.12. The minimum Gasteiger partial charge on any atom is -0.507 e. The quantitative estimate of drug-likeness (QED) is 0.704. The summed E-state index contributed by atoms with van der Waals surface area (Å²) in [5, 5.41) is 27.1. The molecule has 0 bridgehead atoms. The number of nitrogens with zero attached hydrogens (tertiary/aromatic N) is 1. The number of benzene rings is 1. The third-order valence-corrected chi connectivity index (χ3v) is 1.87. The molecule has 78 valence electrons. The Morgan fingerprint density at radius 2 is 2.13 bits per heavy atom. The summed E-state index contributed by atoms with van der Waals surface area (Å²) in [7, 11) is 1.18. The van der Waals surface area contributed by atoms with Gasteiger partial charge in [0.2, 0.25) is 0 Å². The second-order valence-electron chi connectivity index (χ2n) is 2.82. The third kappa shape index (κ3) is 2.17. The first kappa shape index (κ1) is 10.9. The summed E-state index contributed by atoms with van der Waals surface area (Å²) < 4.78 is 4.43. The van der Waals surface area contributed by atoms with E-state index in [1.165, 1.54) is 13.2 Å². The van der Waals surface area contributed by atoms with Gasteiger partial charge in [-0.2, -0.15) is 5.26 Å². The highest BCUT2D eigenvalue weighted by molar-refractivity contribution is 5.92. The maximum Gasteiger partial charge on any atom is 0.341 e. The lowest BCUT2D eigenvalue weighted by Gasteiger charge is -2.06. The Labute approximate surface area is 86.1 Å². The molecule has 0 aliphatic heterocycles.